The quantitative estimate of drug-likeness (QED) is 0.0860. The van der Waals surface area contributed by atoms with Crippen molar-refractivity contribution in [2.45, 2.75) is 0 Å². The van der Waals surface area contributed by atoms with Crippen LogP contribution in [0.15, 0.2) is 364 Å². The van der Waals surface area contributed by atoms with E-state index < -0.39 is 7.82 Å². The maximum Gasteiger partial charge on any atom is 0 e. The zero-order valence-electron chi connectivity index (χ0n) is 44.0. The molecule has 9 heteroatoms. The molecule has 0 amide bonds. The van der Waals surface area contributed by atoms with Crippen LogP contribution in [0.25, 0.3) is 0 Å². The van der Waals surface area contributed by atoms with E-state index in [1.165, 1.54) is 0 Å². The standard InChI is InChI=1S/12C6H5.H3O4P.4Pd/c12*1-2-4-6-5-3-1;1-5(2,3)4;;;;/h12*1-5H;(H3,1,2,3,4);;;;/q12*-1;;;;;/p-3. The van der Waals surface area contributed by atoms with Gasteiger partial charge in [0.2, 0.25) is 0 Å². The van der Waals surface area contributed by atoms with Crippen molar-refractivity contribution < 1.29 is 101 Å². The third-order valence-corrected chi connectivity index (χ3v) is 7.29. The van der Waals surface area contributed by atoms with Crippen LogP contribution in [0.1, 0.15) is 0 Å². The summed E-state index contributed by atoms with van der Waals surface area (Å²) in [7, 11) is -5.39. The van der Waals surface area contributed by atoms with Crippen LogP contribution in [0.3, 0.4) is 0 Å². The summed E-state index contributed by atoms with van der Waals surface area (Å²) in [6.07, 6.45) is 0. The number of phosphoric acid groups is 1. The first-order valence-corrected chi connectivity index (χ1v) is 25.1. The van der Waals surface area contributed by atoms with E-state index in [-0.39, 0.29) is 81.7 Å². The average Bonchev–Trinajstić information content (AvgIpc) is 3.55. The van der Waals surface area contributed by atoms with Gasteiger partial charge >= 0.3 is 0 Å². The number of rotatable bonds is 0. The molecule has 0 aromatic heterocycles. The van der Waals surface area contributed by atoms with Gasteiger partial charge in [0.1, 0.15) is 0 Å². The minimum atomic E-state index is -5.39. The van der Waals surface area contributed by atoms with Gasteiger partial charge in [0.25, 0.3) is 0 Å². The van der Waals surface area contributed by atoms with Gasteiger partial charge in [0, 0.05) is 81.7 Å². The fraction of sp³-hybridized carbons (Fsp3) is 0. The molecule has 0 aliphatic rings. The van der Waals surface area contributed by atoms with E-state index in [1.807, 2.05) is 364 Å². The number of benzene rings is 12. The van der Waals surface area contributed by atoms with E-state index in [0.29, 0.717) is 0 Å². The second kappa shape index (κ2) is 75.5. The van der Waals surface area contributed by atoms with Crippen molar-refractivity contribution in [3.63, 3.8) is 0 Å². The first-order valence-electron chi connectivity index (χ1n) is 23.7. The first kappa shape index (κ1) is 83.2. The van der Waals surface area contributed by atoms with Crippen molar-refractivity contribution in [3.8, 4) is 0 Å². The van der Waals surface area contributed by atoms with E-state index in [9.17, 15) is 0 Å². The van der Waals surface area contributed by atoms with Gasteiger partial charge in [-0.3, -0.25) is 0 Å². The van der Waals surface area contributed by atoms with Crippen molar-refractivity contribution in [3.05, 3.63) is 437 Å². The summed E-state index contributed by atoms with van der Waals surface area (Å²) in [5.74, 6) is 0. The molecule has 81 heavy (non-hydrogen) atoms. The Bertz CT molecular complexity index is 1750. The Hall–Kier alpha value is -6.60. The molecular weight excluding hydrogens is 1390 g/mol. The third-order valence-electron chi connectivity index (χ3n) is 7.29. The topological polar surface area (TPSA) is 86.2 Å². The van der Waals surface area contributed by atoms with Gasteiger partial charge < -0.3 is 19.2 Å². The normalized spacial score (nSPS) is 7.84. The van der Waals surface area contributed by atoms with Gasteiger partial charge in [0.05, 0.1) is 0 Å². The van der Waals surface area contributed by atoms with Gasteiger partial charge in [-0.1, -0.05) is 0 Å². The summed E-state index contributed by atoms with van der Waals surface area (Å²) in [5, 5.41) is 0. The van der Waals surface area contributed by atoms with Gasteiger partial charge in [-0.2, -0.15) is 445 Å². The monoisotopic (exact) mass is 1440 g/mol. The molecule has 0 heterocycles. The Morgan fingerprint density at radius 3 is 0.210 bits per heavy atom. The minimum Gasteiger partial charge on any atom is -0.822 e. The number of hydrogen-bond donors (Lipinski definition) is 0. The van der Waals surface area contributed by atoms with Crippen molar-refractivity contribution in [1.82, 2.24) is 0 Å². The van der Waals surface area contributed by atoms with Crippen LogP contribution in [-0.4, -0.2) is 0 Å². The molecule has 432 valence electrons. The molecule has 0 bridgehead atoms. The summed E-state index contributed by atoms with van der Waals surface area (Å²) < 4.78 is 8.55. The van der Waals surface area contributed by atoms with E-state index in [1.54, 1.807) is 0 Å². The minimum absolute atomic E-state index is 0. The Kier molecular flexibility index (Phi) is 77.5. The molecule has 0 N–H and O–H groups in total. The molecule has 0 saturated carbocycles. The van der Waals surface area contributed by atoms with Gasteiger partial charge in [0.15, 0.2) is 0 Å². The molecule has 12 rings (SSSR count). The zero-order chi connectivity index (χ0) is 55.4. The fourth-order valence-electron chi connectivity index (χ4n) is 4.10. The summed E-state index contributed by atoms with van der Waals surface area (Å²) in [6.45, 7) is 0. The Morgan fingerprint density at radius 2 is 0.198 bits per heavy atom. The zero-order valence-corrected chi connectivity index (χ0v) is 51.1. The molecule has 0 fully saturated rings. The Labute approximate surface area is 540 Å². The SMILES string of the molecule is O=P([O-])([O-])[O-].[Pd].[Pd].[Pd].[Pd].[c-]1ccccc1.[c-]1ccccc1.[c-]1ccccc1.[c-]1ccccc1.[c-]1ccccc1.[c-]1ccccc1.[c-]1ccccc1.[c-]1ccccc1.[c-]1ccccc1.[c-]1ccccc1.[c-]1ccccc1.[c-]1ccccc1. The maximum absolute atomic E-state index is 8.55. The molecule has 12 aromatic rings. The average molecular weight is 1450 g/mol. The van der Waals surface area contributed by atoms with Crippen LogP contribution in [0, 0.1) is 72.8 Å². The molecule has 0 atom stereocenters. The largest absolute Gasteiger partial charge is 0.822 e. The van der Waals surface area contributed by atoms with E-state index >= 15 is 0 Å². The summed E-state index contributed by atoms with van der Waals surface area (Å²) in [6, 6.07) is 150. The molecule has 0 unspecified atom stereocenters. The third kappa shape index (κ3) is 87.5. The van der Waals surface area contributed by atoms with Crippen molar-refractivity contribution in [1.29, 1.82) is 0 Å². The van der Waals surface area contributed by atoms with Crippen LogP contribution >= 0.6 is 7.82 Å². The van der Waals surface area contributed by atoms with Crippen LogP contribution in [0.2, 0.25) is 0 Å². The second-order valence-electron chi connectivity index (χ2n) is 13.4. The molecule has 4 nitrogen and oxygen atoms in total. The van der Waals surface area contributed by atoms with Gasteiger partial charge in [-0.25, -0.2) is 0 Å². The predicted octanol–water partition coefficient (Wildman–Crippen LogP) is 15.0. The van der Waals surface area contributed by atoms with E-state index in [2.05, 4.69) is 72.8 Å². The van der Waals surface area contributed by atoms with Crippen LogP contribution in [-0.2, 0) is 86.3 Å². The first-order chi connectivity index (χ1) is 38.0. The molecule has 12 aromatic carbocycles. The molecular formula is C72H60O4PPd4-15. The molecule has 0 aliphatic heterocycles. The Balaban J connectivity index is -0.000000257. The van der Waals surface area contributed by atoms with Crippen LogP contribution in [0.5, 0.6) is 0 Å². The molecule has 0 aliphatic carbocycles. The smallest absolute Gasteiger partial charge is 0 e. The van der Waals surface area contributed by atoms with E-state index in [0.717, 1.165) is 0 Å². The van der Waals surface area contributed by atoms with Crippen molar-refractivity contribution >= 4 is 7.82 Å². The maximum atomic E-state index is 8.55. The fourth-order valence-corrected chi connectivity index (χ4v) is 4.10. The van der Waals surface area contributed by atoms with Gasteiger partial charge in [-0.15, -0.1) is 0 Å². The summed E-state index contributed by atoms with van der Waals surface area (Å²) >= 11 is 0. The molecule has 0 radical (unpaired) electrons. The van der Waals surface area contributed by atoms with Gasteiger partial charge in [-0.05, 0) is 0 Å². The van der Waals surface area contributed by atoms with Crippen LogP contribution in [0.4, 0.5) is 0 Å². The summed E-state index contributed by atoms with van der Waals surface area (Å²) in [5.41, 5.74) is 0. The van der Waals surface area contributed by atoms with Crippen molar-refractivity contribution in [2.75, 3.05) is 0 Å². The summed E-state index contributed by atoms with van der Waals surface area (Å²) in [4.78, 5) is 25.6. The molecule has 0 saturated heterocycles. The second-order valence-corrected chi connectivity index (χ2v) is 14.3. The number of hydrogen-bond acceptors (Lipinski definition) is 4. The predicted molar refractivity (Wildman–Crippen MR) is 311 cm³/mol. The van der Waals surface area contributed by atoms with Crippen LogP contribution < -0.4 is 14.7 Å². The van der Waals surface area contributed by atoms with Crippen molar-refractivity contribution in [2.24, 2.45) is 0 Å². The van der Waals surface area contributed by atoms with E-state index in [4.69, 9.17) is 19.2 Å². The Morgan fingerprint density at radius 1 is 0.148 bits per heavy atom. The molecule has 0 spiro atoms.